The Morgan fingerprint density at radius 2 is 1.47 bits per heavy atom. The first-order chi connectivity index (χ1) is 15.9. The summed E-state index contributed by atoms with van der Waals surface area (Å²) in [6, 6.07) is 8.43. The maximum absolute atomic E-state index is 12.6. The van der Waals surface area contributed by atoms with Crippen molar-refractivity contribution in [3.8, 4) is 0 Å². The molecule has 2 N–H and O–H groups in total. The van der Waals surface area contributed by atoms with Crippen molar-refractivity contribution >= 4 is 38.8 Å². The highest BCUT2D eigenvalue weighted by molar-refractivity contribution is 7.92. The van der Waals surface area contributed by atoms with Crippen LogP contribution in [-0.2, 0) is 10.0 Å². The number of benzene rings is 2. The zero-order chi connectivity index (χ0) is 25.2. The average Bonchev–Trinajstić information content (AvgIpc) is 2.72. The molecule has 34 heavy (non-hydrogen) atoms. The van der Waals surface area contributed by atoms with Crippen molar-refractivity contribution in [1.29, 1.82) is 0 Å². The van der Waals surface area contributed by atoms with Gasteiger partial charge in [0.2, 0.25) is 0 Å². The molecule has 1 heterocycles. The maximum Gasteiger partial charge on any atom is 0.279 e. The number of nitro groups is 2. The zero-order valence-electron chi connectivity index (χ0n) is 18.1. The standard InChI is InChI=1S/C20H18N6O7S/c1-11-8-19(22-13(3)21-11)24-34(32,33)16-6-4-15(5-7-16)23-20(27)14-9-17(25(28)29)12(2)18(10-14)26(30)31/h4-10H,1-3H3,(H,23,27)(H,21,22,24). The zero-order valence-corrected chi connectivity index (χ0v) is 18.9. The third-order valence-electron chi connectivity index (χ3n) is 4.64. The lowest BCUT2D eigenvalue weighted by atomic mass is 10.1. The first-order valence-corrected chi connectivity index (χ1v) is 11.1. The number of aryl methyl sites for hydroxylation is 2. The van der Waals surface area contributed by atoms with Gasteiger partial charge in [-0.1, -0.05) is 0 Å². The Bertz CT molecular complexity index is 1370. The van der Waals surface area contributed by atoms with Crippen molar-refractivity contribution in [2.45, 2.75) is 25.7 Å². The molecule has 1 amide bonds. The highest BCUT2D eigenvalue weighted by Crippen LogP contribution is 2.30. The molecular formula is C20H18N6O7S. The summed E-state index contributed by atoms with van der Waals surface area (Å²) in [7, 11) is -3.98. The van der Waals surface area contributed by atoms with Crippen LogP contribution in [0.5, 0.6) is 0 Å². The van der Waals surface area contributed by atoms with E-state index in [4.69, 9.17) is 0 Å². The van der Waals surface area contributed by atoms with Crippen LogP contribution in [0.15, 0.2) is 47.4 Å². The molecule has 0 aliphatic heterocycles. The summed E-state index contributed by atoms with van der Waals surface area (Å²) >= 11 is 0. The number of anilines is 2. The van der Waals surface area contributed by atoms with E-state index in [1.54, 1.807) is 13.8 Å². The SMILES string of the molecule is Cc1cc(NS(=O)(=O)c2ccc(NC(=O)c3cc([N+](=O)[O-])c(C)c([N+](=O)[O-])c3)cc2)nc(C)n1. The molecule has 0 spiro atoms. The van der Waals surface area contributed by atoms with E-state index in [0.29, 0.717) is 11.5 Å². The summed E-state index contributed by atoms with van der Waals surface area (Å²) in [6.45, 7) is 4.54. The summed E-state index contributed by atoms with van der Waals surface area (Å²) in [5.74, 6) is -0.343. The lowest BCUT2D eigenvalue weighted by molar-refractivity contribution is -0.395. The van der Waals surface area contributed by atoms with E-state index < -0.39 is 37.2 Å². The second-order valence-electron chi connectivity index (χ2n) is 7.18. The summed E-state index contributed by atoms with van der Waals surface area (Å²) in [5, 5.41) is 24.9. The van der Waals surface area contributed by atoms with Crippen molar-refractivity contribution in [3.63, 3.8) is 0 Å². The summed E-state index contributed by atoms with van der Waals surface area (Å²) in [4.78, 5) is 41.3. The van der Waals surface area contributed by atoms with Crippen molar-refractivity contribution in [2.75, 3.05) is 10.0 Å². The average molecular weight is 486 g/mol. The van der Waals surface area contributed by atoms with Crippen molar-refractivity contribution in [1.82, 2.24) is 9.97 Å². The van der Waals surface area contributed by atoms with Crippen LogP contribution in [0.1, 0.15) is 27.4 Å². The largest absolute Gasteiger partial charge is 0.322 e. The molecule has 0 fully saturated rings. The fraction of sp³-hybridized carbons (Fsp3) is 0.150. The van der Waals surface area contributed by atoms with Crippen LogP contribution in [-0.4, -0.2) is 34.1 Å². The van der Waals surface area contributed by atoms with Gasteiger partial charge < -0.3 is 5.32 Å². The van der Waals surface area contributed by atoms with Crippen molar-refractivity contribution in [3.05, 3.63) is 85.3 Å². The van der Waals surface area contributed by atoms with Gasteiger partial charge in [-0.3, -0.25) is 29.7 Å². The Kier molecular flexibility index (Phi) is 6.54. The second-order valence-corrected chi connectivity index (χ2v) is 8.86. The van der Waals surface area contributed by atoms with Gasteiger partial charge in [0, 0.05) is 29.6 Å². The van der Waals surface area contributed by atoms with Gasteiger partial charge in [0.15, 0.2) is 0 Å². The predicted molar refractivity (Wildman–Crippen MR) is 121 cm³/mol. The molecule has 0 radical (unpaired) electrons. The van der Waals surface area contributed by atoms with E-state index in [0.717, 1.165) is 12.1 Å². The molecule has 14 heteroatoms. The van der Waals surface area contributed by atoms with E-state index >= 15 is 0 Å². The fourth-order valence-corrected chi connectivity index (χ4v) is 4.07. The minimum absolute atomic E-state index is 0.102. The van der Waals surface area contributed by atoms with Gasteiger partial charge in [0.1, 0.15) is 17.2 Å². The lowest BCUT2D eigenvalue weighted by Crippen LogP contribution is -2.15. The molecule has 176 valence electrons. The van der Waals surface area contributed by atoms with Crippen molar-refractivity contribution in [2.24, 2.45) is 0 Å². The molecule has 3 rings (SSSR count). The molecule has 2 aromatic carbocycles. The minimum Gasteiger partial charge on any atom is -0.322 e. The van der Waals surface area contributed by atoms with Crippen LogP contribution in [0.2, 0.25) is 0 Å². The quantitative estimate of drug-likeness (QED) is 0.373. The smallest absolute Gasteiger partial charge is 0.279 e. The summed E-state index contributed by atoms with van der Waals surface area (Å²) in [5.41, 5.74) is -0.855. The Labute approximate surface area is 193 Å². The Morgan fingerprint density at radius 1 is 0.912 bits per heavy atom. The molecular weight excluding hydrogens is 468 g/mol. The number of sulfonamides is 1. The molecule has 13 nitrogen and oxygen atoms in total. The molecule has 0 bridgehead atoms. The highest BCUT2D eigenvalue weighted by Gasteiger charge is 2.25. The van der Waals surface area contributed by atoms with Gasteiger partial charge in [0.05, 0.1) is 20.3 Å². The second kappa shape index (κ2) is 9.19. The maximum atomic E-state index is 12.6. The van der Waals surface area contributed by atoms with Crippen LogP contribution in [0.25, 0.3) is 0 Å². The number of nitrogens with zero attached hydrogens (tertiary/aromatic N) is 4. The third-order valence-corrected chi connectivity index (χ3v) is 6.01. The topological polar surface area (TPSA) is 187 Å². The van der Waals surface area contributed by atoms with Crippen molar-refractivity contribution < 1.29 is 23.1 Å². The molecule has 0 saturated carbocycles. The lowest BCUT2D eigenvalue weighted by Gasteiger charge is -2.10. The summed E-state index contributed by atoms with van der Waals surface area (Å²) in [6.07, 6.45) is 0. The number of rotatable bonds is 7. The molecule has 3 aromatic rings. The van der Waals surface area contributed by atoms with Crippen LogP contribution in [0.3, 0.4) is 0 Å². The number of amides is 1. The molecule has 0 unspecified atom stereocenters. The number of hydrogen-bond acceptors (Lipinski definition) is 9. The van der Waals surface area contributed by atoms with Crippen LogP contribution >= 0.6 is 0 Å². The number of aromatic nitrogens is 2. The number of carbonyl (C=O) groups excluding carboxylic acids is 1. The third kappa shape index (κ3) is 5.29. The van der Waals surface area contributed by atoms with E-state index in [9.17, 15) is 33.4 Å². The monoisotopic (exact) mass is 486 g/mol. The first kappa shape index (κ1) is 24.2. The van der Waals surface area contributed by atoms with Crippen LogP contribution in [0, 0.1) is 41.0 Å². The Hall–Kier alpha value is -4.46. The van der Waals surface area contributed by atoms with Gasteiger partial charge in [-0.2, -0.15) is 0 Å². The van der Waals surface area contributed by atoms with Gasteiger partial charge >= 0.3 is 0 Å². The van der Waals surface area contributed by atoms with E-state index in [-0.39, 0.29) is 27.5 Å². The van der Waals surface area contributed by atoms with Gasteiger partial charge in [-0.25, -0.2) is 18.4 Å². The minimum atomic E-state index is -3.98. The van der Waals surface area contributed by atoms with E-state index in [1.165, 1.54) is 37.3 Å². The first-order valence-electron chi connectivity index (χ1n) is 9.57. The van der Waals surface area contributed by atoms with Crippen LogP contribution < -0.4 is 10.0 Å². The number of nitrogens with one attached hydrogen (secondary N) is 2. The van der Waals surface area contributed by atoms with Gasteiger partial charge in [0.25, 0.3) is 27.3 Å². The van der Waals surface area contributed by atoms with E-state index in [1.807, 2.05) is 0 Å². The number of hydrogen-bond donors (Lipinski definition) is 2. The molecule has 0 aliphatic carbocycles. The Balaban J connectivity index is 1.82. The molecule has 0 aliphatic rings. The van der Waals surface area contributed by atoms with Gasteiger partial charge in [-0.05, 0) is 45.0 Å². The number of carbonyl (C=O) groups is 1. The van der Waals surface area contributed by atoms with E-state index in [2.05, 4.69) is 20.0 Å². The molecule has 0 saturated heterocycles. The molecule has 1 aromatic heterocycles. The summed E-state index contributed by atoms with van der Waals surface area (Å²) < 4.78 is 27.6. The van der Waals surface area contributed by atoms with Gasteiger partial charge in [-0.15, -0.1) is 0 Å². The van der Waals surface area contributed by atoms with Crippen LogP contribution in [0.4, 0.5) is 22.9 Å². The molecule has 0 atom stereocenters. The predicted octanol–water partition coefficient (Wildman–Crippen LogP) is 3.27. The fourth-order valence-electron chi connectivity index (χ4n) is 3.08. The Morgan fingerprint density at radius 3 is 1.97 bits per heavy atom. The normalized spacial score (nSPS) is 11.0. The highest BCUT2D eigenvalue weighted by atomic mass is 32.2. The number of nitro benzene ring substituents is 2.